The molecule has 0 aliphatic heterocycles. The number of hydrogen-bond donors (Lipinski definition) is 3. The Labute approximate surface area is 106 Å². The highest BCUT2D eigenvalue weighted by Gasteiger charge is 2.10. The number of phenols is 1. The molecule has 0 heterocycles. The van der Waals surface area contributed by atoms with E-state index < -0.39 is 0 Å². The maximum Gasteiger partial charge on any atom is 0.123 e. The van der Waals surface area contributed by atoms with Crippen molar-refractivity contribution < 1.29 is 10.2 Å². The van der Waals surface area contributed by atoms with Crippen LogP contribution in [0.25, 0.3) is 10.8 Å². The minimum absolute atomic E-state index is 0. The average Bonchev–Trinajstić information content (AvgIpc) is 2.30. The van der Waals surface area contributed by atoms with Gasteiger partial charge in [0.15, 0.2) is 0 Å². The van der Waals surface area contributed by atoms with E-state index in [1.807, 2.05) is 30.3 Å². The lowest BCUT2D eigenvalue weighted by Gasteiger charge is -2.14. The van der Waals surface area contributed by atoms with Crippen molar-refractivity contribution in [3.05, 3.63) is 42.0 Å². The first-order valence-corrected chi connectivity index (χ1v) is 5.31. The molecule has 0 amide bonds. The van der Waals surface area contributed by atoms with Crippen molar-refractivity contribution >= 4 is 23.2 Å². The van der Waals surface area contributed by atoms with Crippen LogP contribution in [0.15, 0.2) is 36.4 Å². The summed E-state index contributed by atoms with van der Waals surface area (Å²) in [5.41, 5.74) is 6.94. The maximum atomic E-state index is 9.72. The van der Waals surface area contributed by atoms with E-state index in [4.69, 9.17) is 10.8 Å². The van der Waals surface area contributed by atoms with E-state index in [1.165, 1.54) is 0 Å². The van der Waals surface area contributed by atoms with Gasteiger partial charge in [0.1, 0.15) is 5.75 Å². The predicted molar refractivity (Wildman–Crippen MR) is 71.5 cm³/mol. The van der Waals surface area contributed by atoms with Gasteiger partial charge in [0.05, 0.1) is 0 Å². The molecule has 92 valence electrons. The third-order valence-electron chi connectivity index (χ3n) is 2.77. The molecule has 2 aromatic rings. The fourth-order valence-electron chi connectivity index (χ4n) is 1.92. The first-order valence-electron chi connectivity index (χ1n) is 5.31. The number of halogens is 1. The monoisotopic (exact) mass is 253 g/mol. The Bertz CT molecular complexity index is 502. The lowest BCUT2D eigenvalue weighted by Crippen LogP contribution is -2.12. The van der Waals surface area contributed by atoms with Crippen LogP contribution in [0.4, 0.5) is 0 Å². The van der Waals surface area contributed by atoms with E-state index in [-0.39, 0.29) is 30.8 Å². The van der Waals surface area contributed by atoms with Crippen molar-refractivity contribution in [2.45, 2.75) is 12.5 Å². The predicted octanol–water partition coefficient (Wildman–Crippen LogP) is 2.35. The van der Waals surface area contributed by atoms with E-state index in [2.05, 4.69) is 0 Å². The molecule has 0 radical (unpaired) electrons. The van der Waals surface area contributed by atoms with Crippen LogP contribution in [0, 0.1) is 0 Å². The number of phenolic OH excluding ortho intramolecular Hbond substituents is 1. The summed E-state index contributed by atoms with van der Waals surface area (Å²) in [4.78, 5) is 0. The molecule has 0 fully saturated rings. The molecule has 4 heteroatoms. The number of benzene rings is 2. The molecule has 0 aliphatic rings. The normalized spacial score (nSPS) is 12.1. The van der Waals surface area contributed by atoms with Gasteiger partial charge < -0.3 is 15.9 Å². The van der Waals surface area contributed by atoms with E-state index >= 15 is 0 Å². The molecule has 0 spiro atoms. The van der Waals surface area contributed by atoms with Gasteiger partial charge in [-0.15, -0.1) is 12.4 Å². The number of fused-ring (bicyclic) bond motifs is 1. The van der Waals surface area contributed by atoms with Gasteiger partial charge in [-0.3, -0.25) is 0 Å². The first-order chi connectivity index (χ1) is 7.74. The fourth-order valence-corrected chi connectivity index (χ4v) is 1.92. The summed E-state index contributed by atoms with van der Waals surface area (Å²) >= 11 is 0. The molecular weight excluding hydrogens is 238 g/mol. The number of rotatable bonds is 3. The summed E-state index contributed by atoms with van der Waals surface area (Å²) in [6.07, 6.45) is 0.523. The smallest absolute Gasteiger partial charge is 0.123 e. The molecule has 17 heavy (non-hydrogen) atoms. The van der Waals surface area contributed by atoms with Gasteiger partial charge in [-0.25, -0.2) is 0 Å². The summed E-state index contributed by atoms with van der Waals surface area (Å²) in [6, 6.07) is 10.9. The van der Waals surface area contributed by atoms with Gasteiger partial charge in [-0.2, -0.15) is 0 Å². The van der Waals surface area contributed by atoms with Gasteiger partial charge >= 0.3 is 0 Å². The van der Waals surface area contributed by atoms with Gasteiger partial charge in [0.2, 0.25) is 0 Å². The van der Waals surface area contributed by atoms with Crippen LogP contribution in [0.5, 0.6) is 5.75 Å². The molecule has 4 N–H and O–H groups in total. The lowest BCUT2D eigenvalue weighted by molar-refractivity contribution is 0.277. The number of aliphatic hydroxyl groups excluding tert-OH is 1. The zero-order valence-corrected chi connectivity index (χ0v) is 10.2. The van der Waals surface area contributed by atoms with E-state index in [0.29, 0.717) is 6.42 Å². The first kappa shape index (κ1) is 13.8. The van der Waals surface area contributed by atoms with Crippen LogP contribution < -0.4 is 5.73 Å². The number of aromatic hydroxyl groups is 1. The van der Waals surface area contributed by atoms with E-state index in [0.717, 1.165) is 16.3 Å². The summed E-state index contributed by atoms with van der Waals surface area (Å²) < 4.78 is 0. The molecule has 0 aromatic heterocycles. The Hall–Kier alpha value is -1.29. The fraction of sp³-hybridized carbons (Fsp3) is 0.231. The third kappa shape index (κ3) is 2.69. The summed E-state index contributed by atoms with van der Waals surface area (Å²) in [5.74, 6) is 0.260. The molecule has 0 unspecified atom stereocenters. The minimum Gasteiger partial charge on any atom is -0.507 e. The van der Waals surface area contributed by atoms with Crippen LogP contribution in [0.2, 0.25) is 0 Å². The molecule has 0 saturated heterocycles. The second-order valence-electron chi connectivity index (χ2n) is 3.84. The van der Waals surface area contributed by atoms with E-state index in [9.17, 15) is 5.11 Å². The van der Waals surface area contributed by atoms with Crippen molar-refractivity contribution in [2.75, 3.05) is 6.61 Å². The van der Waals surface area contributed by atoms with Crippen molar-refractivity contribution in [2.24, 2.45) is 5.73 Å². The van der Waals surface area contributed by atoms with Crippen molar-refractivity contribution in [3.63, 3.8) is 0 Å². The van der Waals surface area contributed by atoms with Gasteiger partial charge in [0.25, 0.3) is 0 Å². The SMILES string of the molecule is Cl.N[C@H](CCO)c1ccc(O)c2ccccc12. The highest BCUT2D eigenvalue weighted by Crippen LogP contribution is 2.30. The molecule has 2 aromatic carbocycles. The molecule has 0 aliphatic carbocycles. The maximum absolute atomic E-state index is 9.72. The van der Waals surface area contributed by atoms with Crippen LogP contribution in [-0.4, -0.2) is 16.8 Å². The summed E-state index contributed by atoms with van der Waals surface area (Å²) in [7, 11) is 0. The quantitative estimate of drug-likeness (QED) is 0.787. The molecule has 0 bridgehead atoms. The molecular formula is C13H16ClNO2. The van der Waals surface area contributed by atoms with Gasteiger partial charge in [-0.1, -0.05) is 30.3 Å². The highest BCUT2D eigenvalue weighted by molar-refractivity contribution is 5.91. The number of nitrogens with two attached hydrogens (primary N) is 1. The summed E-state index contributed by atoms with van der Waals surface area (Å²) in [5, 5.41) is 20.4. The Kier molecular flexibility index (Phi) is 4.75. The highest BCUT2D eigenvalue weighted by atomic mass is 35.5. The van der Waals surface area contributed by atoms with Crippen LogP contribution >= 0.6 is 12.4 Å². The zero-order chi connectivity index (χ0) is 11.5. The van der Waals surface area contributed by atoms with Gasteiger partial charge in [0, 0.05) is 18.0 Å². The average molecular weight is 254 g/mol. The Morgan fingerprint density at radius 3 is 2.35 bits per heavy atom. The Morgan fingerprint density at radius 1 is 1.06 bits per heavy atom. The second kappa shape index (κ2) is 5.87. The second-order valence-corrected chi connectivity index (χ2v) is 3.84. The van der Waals surface area contributed by atoms with E-state index in [1.54, 1.807) is 6.07 Å². The molecule has 2 rings (SSSR count). The standard InChI is InChI=1S/C13H15NO2.ClH/c14-12(7-8-15)10-5-6-13(16)11-4-2-1-3-9(10)11;/h1-6,12,15-16H,7-8,14H2;1H/t12-;/m1./s1. The van der Waals surface area contributed by atoms with Crippen LogP contribution in [0.3, 0.4) is 0 Å². The third-order valence-corrected chi connectivity index (χ3v) is 2.77. The Balaban J connectivity index is 0.00000144. The van der Waals surface area contributed by atoms with Gasteiger partial charge in [-0.05, 0) is 23.4 Å². The lowest BCUT2D eigenvalue weighted by atomic mass is 9.97. The van der Waals surface area contributed by atoms with Crippen molar-refractivity contribution in [1.29, 1.82) is 0 Å². The largest absolute Gasteiger partial charge is 0.507 e. The summed E-state index contributed by atoms with van der Waals surface area (Å²) in [6.45, 7) is 0.0658. The van der Waals surface area contributed by atoms with Crippen molar-refractivity contribution in [3.8, 4) is 5.75 Å². The number of hydrogen-bond acceptors (Lipinski definition) is 3. The minimum atomic E-state index is -0.199. The van der Waals surface area contributed by atoms with Crippen LogP contribution in [0.1, 0.15) is 18.0 Å². The topological polar surface area (TPSA) is 66.5 Å². The molecule has 1 atom stereocenters. The van der Waals surface area contributed by atoms with Crippen LogP contribution in [-0.2, 0) is 0 Å². The number of aliphatic hydroxyl groups is 1. The Morgan fingerprint density at radius 2 is 1.71 bits per heavy atom. The zero-order valence-electron chi connectivity index (χ0n) is 9.34. The van der Waals surface area contributed by atoms with Crippen molar-refractivity contribution in [1.82, 2.24) is 0 Å². The molecule has 3 nitrogen and oxygen atoms in total. The molecule has 0 saturated carbocycles.